The molecule has 0 aromatic carbocycles. The molecule has 0 aliphatic carbocycles. The van der Waals surface area contributed by atoms with Gasteiger partial charge in [-0.3, -0.25) is 4.79 Å². The van der Waals surface area contributed by atoms with Gasteiger partial charge >= 0.3 is 5.97 Å². The van der Waals surface area contributed by atoms with E-state index in [0.717, 1.165) is 0 Å². The molecule has 19 heavy (non-hydrogen) atoms. The number of amides is 1. The lowest BCUT2D eigenvalue weighted by atomic mass is 10.2. The number of nitrogens with one attached hydrogen (secondary N) is 1. The predicted octanol–water partition coefficient (Wildman–Crippen LogP) is 0.276. The van der Waals surface area contributed by atoms with Crippen molar-refractivity contribution in [3.63, 3.8) is 0 Å². The molecule has 2 atom stereocenters. The number of carbonyl (C=O) groups is 2. The fraction of sp³-hybridized carbons (Fsp3) is 0.818. The van der Waals surface area contributed by atoms with E-state index in [9.17, 15) is 18.0 Å². The smallest absolute Gasteiger partial charge is 0.326 e. The first-order valence-electron chi connectivity index (χ1n) is 6.18. The molecule has 0 spiro atoms. The molecular weight excluding hydrogens is 290 g/mol. The van der Waals surface area contributed by atoms with E-state index in [1.807, 2.05) is 6.92 Å². The van der Waals surface area contributed by atoms with Gasteiger partial charge in [0.2, 0.25) is 5.91 Å². The first-order valence-corrected chi connectivity index (χ1v) is 9.05. The van der Waals surface area contributed by atoms with Gasteiger partial charge in [-0.15, -0.1) is 11.8 Å². The zero-order valence-corrected chi connectivity index (χ0v) is 12.4. The van der Waals surface area contributed by atoms with Crippen molar-refractivity contribution in [1.29, 1.82) is 0 Å². The Bertz CT molecular complexity index is 434. The Morgan fingerprint density at radius 2 is 2.16 bits per heavy atom. The number of aliphatic carboxylic acids is 1. The third kappa shape index (κ3) is 5.82. The molecule has 1 amide bonds. The van der Waals surface area contributed by atoms with E-state index < -0.39 is 21.8 Å². The molecule has 6 nitrogen and oxygen atoms in total. The van der Waals surface area contributed by atoms with Crippen molar-refractivity contribution in [3.8, 4) is 0 Å². The first-order chi connectivity index (χ1) is 8.84. The SMILES string of the molecule is CCC[C@@H](NC(=O)CSC1CCS(=O)(=O)C1)C(=O)O. The summed E-state index contributed by atoms with van der Waals surface area (Å²) in [6.45, 7) is 1.85. The third-order valence-corrected chi connectivity index (χ3v) is 6.13. The maximum absolute atomic E-state index is 11.6. The van der Waals surface area contributed by atoms with Crippen LogP contribution in [-0.2, 0) is 19.4 Å². The van der Waals surface area contributed by atoms with Crippen molar-refractivity contribution in [3.05, 3.63) is 0 Å². The van der Waals surface area contributed by atoms with E-state index in [4.69, 9.17) is 5.11 Å². The lowest BCUT2D eigenvalue weighted by molar-refractivity contribution is -0.141. The molecule has 0 aromatic rings. The summed E-state index contributed by atoms with van der Waals surface area (Å²) in [5.41, 5.74) is 0. The van der Waals surface area contributed by atoms with Gasteiger partial charge in [0.05, 0.1) is 17.3 Å². The van der Waals surface area contributed by atoms with Crippen LogP contribution in [0.3, 0.4) is 0 Å². The van der Waals surface area contributed by atoms with Gasteiger partial charge in [-0.2, -0.15) is 0 Å². The highest BCUT2D eigenvalue weighted by molar-refractivity contribution is 8.02. The summed E-state index contributed by atoms with van der Waals surface area (Å²) in [7, 11) is -2.94. The summed E-state index contributed by atoms with van der Waals surface area (Å²) in [6.07, 6.45) is 1.63. The van der Waals surface area contributed by atoms with Gasteiger partial charge in [0.25, 0.3) is 0 Å². The van der Waals surface area contributed by atoms with E-state index in [0.29, 0.717) is 19.3 Å². The second kappa shape index (κ2) is 7.14. The molecular formula is C11H19NO5S2. The minimum Gasteiger partial charge on any atom is -0.480 e. The first kappa shape index (κ1) is 16.3. The average Bonchev–Trinajstić information content (AvgIpc) is 2.66. The van der Waals surface area contributed by atoms with Gasteiger partial charge in [-0.05, 0) is 12.8 Å². The summed E-state index contributed by atoms with van der Waals surface area (Å²) >= 11 is 1.28. The number of thioether (sulfide) groups is 1. The van der Waals surface area contributed by atoms with Crippen molar-refractivity contribution in [2.24, 2.45) is 0 Å². The summed E-state index contributed by atoms with van der Waals surface area (Å²) in [5.74, 6) is -0.991. The maximum Gasteiger partial charge on any atom is 0.326 e. The summed E-state index contributed by atoms with van der Waals surface area (Å²) in [6, 6.07) is -0.856. The highest BCUT2D eigenvalue weighted by Gasteiger charge is 2.29. The number of carboxylic acid groups (broad SMARTS) is 1. The molecule has 110 valence electrons. The van der Waals surface area contributed by atoms with E-state index in [1.165, 1.54) is 11.8 Å². The zero-order valence-electron chi connectivity index (χ0n) is 10.8. The molecule has 1 rings (SSSR count). The zero-order chi connectivity index (χ0) is 14.5. The Morgan fingerprint density at radius 1 is 1.47 bits per heavy atom. The van der Waals surface area contributed by atoms with Crippen LogP contribution in [-0.4, -0.2) is 54.0 Å². The van der Waals surface area contributed by atoms with Gasteiger partial charge in [-0.1, -0.05) is 13.3 Å². The number of sulfone groups is 1. The van der Waals surface area contributed by atoms with Crippen LogP contribution in [0.15, 0.2) is 0 Å². The van der Waals surface area contributed by atoms with Gasteiger partial charge < -0.3 is 10.4 Å². The molecule has 1 saturated heterocycles. The van der Waals surface area contributed by atoms with Crippen LogP contribution in [0.2, 0.25) is 0 Å². The number of carbonyl (C=O) groups excluding carboxylic acids is 1. The summed E-state index contributed by atoms with van der Waals surface area (Å²) < 4.78 is 22.5. The van der Waals surface area contributed by atoms with Crippen LogP contribution in [0, 0.1) is 0 Å². The van der Waals surface area contributed by atoms with Crippen LogP contribution in [0.5, 0.6) is 0 Å². The predicted molar refractivity (Wildman–Crippen MR) is 74.0 cm³/mol. The number of hydrogen-bond donors (Lipinski definition) is 2. The molecule has 2 N–H and O–H groups in total. The van der Waals surface area contributed by atoms with Gasteiger partial charge in [0.1, 0.15) is 6.04 Å². The van der Waals surface area contributed by atoms with Crippen molar-refractivity contribution in [2.45, 2.75) is 37.5 Å². The standard InChI is InChI=1S/C11H19NO5S2/c1-2-3-9(11(14)15)12-10(13)6-18-8-4-5-19(16,17)7-8/h8-9H,2-7H2,1H3,(H,12,13)(H,14,15)/t8?,9-/m1/s1. The third-order valence-electron chi connectivity index (χ3n) is 2.85. The summed E-state index contributed by atoms with van der Waals surface area (Å²) in [5, 5.41) is 11.3. The van der Waals surface area contributed by atoms with Crippen LogP contribution < -0.4 is 5.32 Å². The molecule has 1 unspecified atom stereocenters. The average molecular weight is 309 g/mol. The second-order valence-electron chi connectivity index (χ2n) is 4.58. The van der Waals surface area contributed by atoms with Crippen LogP contribution in [0.1, 0.15) is 26.2 Å². The Balaban J connectivity index is 2.33. The maximum atomic E-state index is 11.6. The van der Waals surface area contributed by atoms with Crippen molar-refractivity contribution < 1.29 is 23.1 Å². The Labute approximate surface area is 117 Å². The molecule has 0 aromatic heterocycles. The topological polar surface area (TPSA) is 101 Å². The van der Waals surface area contributed by atoms with Gasteiger partial charge in [-0.25, -0.2) is 13.2 Å². The van der Waals surface area contributed by atoms with E-state index in [-0.39, 0.29) is 28.4 Å². The fourth-order valence-electron chi connectivity index (χ4n) is 1.87. The van der Waals surface area contributed by atoms with Crippen molar-refractivity contribution >= 4 is 33.5 Å². The Morgan fingerprint density at radius 3 is 2.63 bits per heavy atom. The van der Waals surface area contributed by atoms with E-state index in [1.54, 1.807) is 0 Å². The number of hydrogen-bond acceptors (Lipinski definition) is 5. The lowest BCUT2D eigenvalue weighted by Crippen LogP contribution is -2.41. The quantitative estimate of drug-likeness (QED) is 0.700. The second-order valence-corrected chi connectivity index (χ2v) is 8.10. The van der Waals surface area contributed by atoms with Crippen LogP contribution in [0.4, 0.5) is 0 Å². The highest BCUT2D eigenvalue weighted by atomic mass is 32.2. The molecule has 1 fully saturated rings. The fourth-order valence-corrected chi connectivity index (χ4v) is 5.32. The van der Waals surface area contributed by atoms with Crippen molar-refractivity contribution in [1.82, 2.24) is 5.32 Å². The highest BCUT2D eigenvalue weighted by Crippen LogP contribution is 2.23. The molecule has 8 heteroatoms. The molecule has 1 heterocycles. The minimum atomic E-state index is -2.94. The van der Waals surface area contributed by atoms with Crippen LogP contribution >= 0.6 is 11.8 Å². The normalized spacial score (nSPS) is 22.9. The molecule has 0 bridgehead atoms. The van der Waals surface area contributed by atoms with Gasteiger partial charge in [0.15, 0.2) is 9.84 Å². The largest absolute Gasteiger partial charge is 0.480 e. The molecule has 1 aliphatic rings. The van der Waals surface area contributed by atoms with Crippen molar-refractivity contribution in [2.75, 3.05) is 17.3 Å². The Hall–Kier alpha value is -0.760. The molecule has 0 radical (unpaired) electrons. The molecule has 0 saturated carbocycles. The van der Waals surface area contributed by atoms with E-state index >= 15 is 0 Å². The summed E-state index contributed by atoms with van der Waals surface area (Å²) in [4.78, 5) is 22.5. The van der Waals surface area contributed by atoms with E-state index in [2.05, 4.69) is 5.32 Å². The lowest BCUT2D eigenvalue weighted by Gasteiger charge is -2.14. The molecule has 1 aliphatic heterocycles. The Kier molecular flexibility index (Phi) is 6.12. The van der Waals surface area contributed by atoms with Crippen LogP contribution in [0.25, 0.3) is 0 Å². The van der Waals surface area contributed by atoms with Gasteiger partial charge in [0, 0.05) is 5.25 Å². The number of carboxylic acids is 1. The number of rotatable bonds is 7. The monoisotopic (exact) mass is 309 g/mol. The minimum absolute atomic E-state index is 0.0507.